The molecule has 8 rings (SSSR count). The number of nitrogens with one attached hydrogen (secondary N) is 4. The van der Waals surface area contributed by atoms with Crippen LogP contribution in [0.3, 0.4) is 0 Å². The smallest absolute Gasteiger partial charge is 0.308 e. The molecule has 8 aromatic rings. The highest BCUT2D eigenvalue weighted by Gasteiger charge is 2.24. The van der Waals surface area contributed by atoms with Crippen molar-refractivity contribution in [1.29, 1.82) is 0 Å². The van der Waals surface area contributed by atoms with Crippen LogP contribution in [-0.4, -0.2) is 82.5 Å². The molecule has 9 nitrogen and oxygen atoms in total. The minimum absolute atomic E-state index is 0.318. The summed E-state index contributed by atoms with van der Waals surface area (Å²) in [7, 11) is 1.95. The van der Waals surface area contributed by atoms with Crippen molar-refractivity contribution in [3.05, 3.63) is 241 Å². The molecule has 0 saturated heterocycles. The van der Waals surface area contributed by atoms with Crippen LogP contribution in [0, 0.1) is 0 Å². The number of hydrogen-bond acceptors (Lipinski definition) is 9. The Bertz CT molecular complexity index is 2600. The molecule has 0 aliphatic carbocycles. The zero-order valence-electron chi connectivity index (χ0n) is 41.9. The normalized spacial score (nSPS) is 11.7. The number of hydrogen-bond donors (Lipinski definition) is 4. The summed E-state index contributed by atoms with van der Waals surface area (Å²) in [6, 6.07) is 75.5. The zero-order valence-corrected chi connectivity index (χ0v) is 41.9. The van der Waals surface area contributed by atoms with E-state index in [4.69, 9.17) is 23.4 Å². The van der Waals surface area contributed by atoms with Crippen LogP contribution in [0.1, 0.15) is 34.5 Å². The summed E-state index contributed by atoms with van der Waals surface area (Å²) in [5.74, 6) is 0. The molecule has 0 spiro atoms. The first-order valence-electron chi connectivity index (χ1n) is 25.7. The fraction of sp³-hybridized carbons (Fsp3) is 0.200. The molecule has 2 atom stereocenters. The number of anilines is 4. The molecule has 0 saturated carbocycles. The van der Waals surface area contributed by atoms with E-state index in [1.54, 1.807) is 0 Å². The molecule has 73 heavy (non-hydrogen) atoms. The van der Waals surface area contributed by atoms with Gasteiger partial charge in [0.25, 0.3) is 0 Å². The molecule has 0 radical (unpaired) electrons. The Balaban J connectivity index is 1.02. The summed E-state index contributed by atoms with van der Waals surface area (Å²) < 4.78 is 32.7. The third-order valence-corrected chi connectivity index (χ3v) is 12.5. The lowest BCUT2D eigenvalue weighted by Gasteiger charge is -2.28. The van der Waals surface area contributed by atoms with Crippen molar-refractivity contribution in [2.45, 2.75) is 25.0 Å². The Hall–Kier alpha value is -6.98. The second kappa shape index (κ2) is 30.1. The molecule has 0 heterocycles. The van der Waals surface area contributed by atoms with Gasteiger partial charge in [-0.25, -0.2) is 0 Å². The highest BCUT2D eigenvalue weighted by molar-refractivity contribution is 6.48. The van der Waals surface area contributed by atoms with Gasteiger partial charge < -0.3 is 44.6 Å². The average molecular weight is 966 g/mol. The van der Waals surface area contributed by atoms with Crippen molar-refractivity contribution >= 4 is 74.5 Å². The van der Waals surface area contributed by atoms with Gasteiger partial charge in [-0.05, 0) is 81.7 Å². The molecule has 4 N–H and O–H groups in total. The van der Waals surface area contributed by atoms with Crippen molar-refractivity contribution in [1.82, 2.24) is 0 Å². The molecule has 368 valence electrons. The maximum Gasteiger partial charge on any atom is 0.308 e. The molecule has 0 bridgehead atoms. The lowest BCUT2D eigenvalue weighted by atomic mass is 9.80. The summed E-state index contributed by atoms with van der Waals surface area (Å²) in [6.45, 7) is 5.14. The topological polar surface area (TPSA) is 94.3 Å². The summed E-state index contributed by atoms with van der Waals surface area (Å²) in [6.07, 6.45) is 0.643. The Morgan fingerprint density at radius 1 is 0.315 bits per heavy atom. The predicted molar refractivity (Wildman–Crippen MR) is 310 cm³/mol. The maximum absolute atomic E-state index is 7.62. The van der Waals surface area contributed by atoms with Gasteiger partial charge in [-0.15, -0.1) is 0 Å². The van der Waals surface area contributed by atoms with Crippen molar-refractivity contribution in [3.63, 3.8) is 0 Å². The highest BCUT2D eigenvalue weighted by Crippen LogP contribution is 2.32. The predicted octanol–water partition coefficient (Wildman–Crippen LogP) is 7.39. The van der Waals surface area contributed by atoms with Gasteiger partial charge in [0.1, 0.15) is 0 Å². The first-order chi connectivity index (χ1) is 36.2. The standard InChI is InChI=1S/C60H66B4N4O5/c1-5-25-53(26-6-1)65-35-39-69-61-51-23-17-21-49(43-51)59(45-47-19-13-15-33-57(47)63-71-41-37-67-55-29-9-3-10-30-55)73-60(50-22-18-24-52(44-50)62-70-40-36-66-54-27-7-2-8-28-54)46-48-20-14-16-34-58(48)64-72-42-38-68-56-31-11-4-12-32-56/h1-34,43-44,59-68H,35-42,45-46H2. The second-order valence-corrected chi connectivity index (χ2v) is 17.9. The molecule has 0 aromatic heterocycles. The summed E-state index contributed by atoms with van der Waals surface area (Å²) >= 11 is 0. The minimum atomic E-state index is -0.318. The Labute approximate surface area is 435 Å². The Morgan fingerprint density at radius 2 is 0.630 bits per heavy atom. The largest absolute Gasteiger partial charge is 0.433 e. The van der Waals surface area contributed by atoms with Crippen LogP contribution in [0.15, 0.2) is 218 Å². The van der Waals surface area contributed by atoms with Gasteiger partial charge in [0.2, 0.25) is 0 Å². The fourth-order valence-electron chi connectivity index (χ4n) is 8.69. The summed E-state index contributed by atoms with van der Waals surface area (Å²) in [5.41, 5.74) is 13.3. The molecule has 8 aromatic carbocycles. The van der Waals surface area contributed by atoms with Crippen LogP contribution in [0.4, 0.5) is 22.7 Å². The van der Waals surface area contributed by atoms with E-state index in [1.165, 1.54) is 11.1 Å². The van der Waals surface area contributed by atoms with E-state index < -0.39 is 0 Å². The van der Waals surface area contributed by atoms with Gasteiger partial charge >= 0.3 is 29.9 Å². The van der Waals surface area contributed by atoms with Crippen molar-refractivity contribution in [3.8, 4) is 0 Å². The van der Waals surface area contributed by atoms with E-state index in [2.05, 4.69) is 167 Å². The monoisotopic (exact) mass is 967 g/mol. The number of benzene rings is 8. The highest BCUT2D eigenvalue weighted by atomic mass is 16.5. The SMILES string of the molecule is B(OCCNc1ccccc1)c1cccc(C(Cc2ccccc2BOCCNc2ccccc2)OC(Cc2ccccc2BOCCNc2ccccc2)c2cccc(BOCCNc3ccccc3)c2)c1. The lowest BCUT2D eigenvalue weighted by Crippen LogP contribution is -2.28. The van der Waals surface area contributed by atoms with Crippen LogP contribution >= 0.6 is 0 Å². The van der Waals surface area contributed by atoms with E-state index >= 15 is 0 Å². The lowest BCUT2D eigenvalue weighted by molar-refractivity contribution is -0.0146. The molecular formula is C60H66B4N4O5. The number of rotatable bonds is 32. The Kier molecular flexibility index (Phi) is 21.6. The molecule has 0 amide bonds. The maximum atomic E-state index is 7.62. The Morgan fingerprint density at radius 3 is 0.986 bits per heavy atom. The fourth-order valence-corrected chi connectivity index (χ4v) is 8.69. The van der Waals surface area contributed by atoms with Crippen LogP contribution in [0.2, 0.25) is 0 Å². The minimum Gasteiger partial charge on any atom is -0.433 e. The van der Waals surface area contributed by atoms with E-state index in [1.807, 2.05) is 72.8 Å². The van der Waals surface area contributed by atoms with Crippen molar-refractivity contribution in [2.24, 2.45) is 0 Å². The van der Waals surface area contributed by atoms with Crippen LogP contribution < -0.4 is 43.1 Å². The zero-order chi connectivity index (χ0) is 49.8. The van der Waals surface area contributed by atoms with E-state index in [0.717, 1.165) is 55.7 Å². The van der Waals surface area contributed by atoms with E-state index in [0.29, 0.717) is 95.4 Å². The van der Waals surface area contributed by atoms with E-state index in [-0.39, 0.29) is 12.2 Å². The molecule has 0 aliphatic heterocycles. The summed E-state index contributed by atoms with van der Waals surface area (Å²) in [4.78, 5) is 0. The van der Waals surface area contributed by atoms with Crippen LogP contribution in [-0.2, 0) is 36.2 Å². The molecule has 13 heteroatoms. The van der Waals surface area contributed by atoms with Gasteiger partial charge in [0, 0.05) is 88.2 Å². The number of para-hydroxylation sites is 4. The third-order valence-electron chi connectivity index (χ3n) is 12.5. The molecular weight excluding hydrogens is 900 g/mol. The van der Waals surface area contributed by atoms with Crippen LogP contribution in [0.25, 0.3) is 0 Å². The molecule has 0 fully saturated rings. The average Bonchev–Trinajstić information content (AvgIpc) is 3.44. The van der Waals surface area contributed by atoms with E-state index in [9.17, 15) is 0 Å². The molecule has 0 aliphatic rings. The van der Waals surface area contributed by atoms with Crippen molar-refractivity contribution in [2.75, 3.05) is 73.9 Å². The first-order valence-corrected chi connectivity index (χ1v) is 25.7. The third kappa shape index (κ3) is 18.2. The van der Waals surface area contributed by atoms with Crippen molar-refractivity contribution < 1.29 is 23.4 Å². The van der Waals surface area contributed by atoms with Gasteiger partial charge in [-0.2, -0.15) is 0 Å². The first kappa shape index (κ1) is 52.3. The summed E-state index contributed by atoms with van der Waals surface area (Å²) in [5, 5.41) is 13.8. The van der Waals surface area contributed by atoms with Gasteiger partial charge in [0.05, 0.1) is 12.2 Å². The van der Waals surface area contributed by atoms with Crippen LogP contribution in [0.5, 0.6) is 0 Å². The van der Waals surface area contributed by atoms with Gasteiger partial charge in [0.15, 0.2) is 0 Å². The molecule has 2 unspecified atom stereocenters. The quantitative estimate of drug-likeness (QED) is 0.0255. The van der Waals surface area contributed by atoms with Gasteiger partial charge in [-0.1, -0.05) is 181 Å². The second-order valence-electron chi connectivity index (χ2n) is 17.9. The number of ether oxygens (including phenoxy) is 1. The van der Waals surface area contributed by atoms with Gasteiger partial charge in [-0.3, -0.25) is 0 Å².